The lowest BCUT2D eigenvalue weighted by atomic mass is 10.2. The first kappa shape index (κ1) is 11.5. The molecule has 0 spiro atoms. The first-order chi connectivity index (χ1) is 7.68. The highest BCUT2D eigenvalue weighted by atomic mass is 127. The van der Waals surface area contributed by atoms with Crippen LogP contribution in [0.25, 0.3) is 0 Å². The molecule has 2 aromatic rings. The molecule has 16 heavy (non-hydrogen) atoms. The number of hydrogen-bond acceptors (Lipinski definition) is 2. The van der Waals surface area contributed by atoms with Crippen molar-refractivity contribution in [3.8, 4) is 0 Å². The van der Waals surface area contributed by atoms with E-state index < -0.39 is 0 Å². The van der Waals surface area contributed by atoms with Crippen LogP contribution in [-0.2, 0) is 6.54 Å². The minimum Gasteiger partial charge on any atom is -0.467 e. The fourth-order valence-corrected chi connectivity index (χ4v) is 2.06. The molecule has 0 radical (unpaired) electrons. The molecule has 0 fully saturated rings. The molecule has 0 atom stereocenters. The SMILES string of the molecule is Cc1ccoc1CNc1cccc(I)c1C. The number of nitrogens with one attached hydrogen (secondary N) is 1. The molecular formula is C13H14INO. The molecule has 84 valence electrons. The Bertz CT molecular complexity index is 490. The molecule has 1 aromatic carbocycles. The van der Waals surface area contributed by atoms with Crippen molar-refractivity contribution in [3.63, 3.8) is 0 Å². The predicted octanol–water partition coefficient (Wildman–Crippen LogP) is 4.11. The monoisotopic (exact) mass is 327 g/mol. The molecule has 0 aliphatic carbocycles. The summed E-state index contributed by atoms with van der Waals surface area (Å²) < 4.78 is 6.67. The maximum atomic E-state index is 5.39. The summed E-state index contributed by atoms with van der Waals surface area (Å²) in [6.45, 7) is 4.92. The molecular weight excluding hydrogens is 313 g/mol. The zero-order chi connectivity index (χ0) is 11.5. The summed E-state index contributed by atoms with van der Waals surface area (Å²) in [5.41, 5.74) is 3.64. The van der Waals surface area contributed by atoms with E-state index in [0.717, 1.165) is 12.3 Å². The van der Waals surface area contributed by atoms with E-state index in [4.69, 9.17) is 4.42 Å². The maximum Gasteiger partial charge on any atom is 0.125 e. The van der Waals surface area contributed by atoms with Gasteiger partial charge >= 0.3 is 0 Å². The second kappa shape index (κ2) is 4.91. The van der Waals surface area contributed by atoms with Gasteiger partial charge in [-0.3, -0.25) is 0 Å². The van der Waals surface area contributed by atoms with E-state index in [1.165, 1.54) is 20.4 Å². The van der Waals surface area contributed by atoms with Crippen LogP contribution in [0.4, 0.5) is 5.69 Å². The lowest BCUT2D eigenvalue weighted by molar-refractivity contribution is 0.515. The largest absolute Gasteiger partial charge is 0.467 e. The van der Waals surface area contributed by atoms with Crippen LogP contribution < -0.4 is 5.32 Å². The van der Waals surface area contributed by atoms with Crippen molar-refractivity contribution in [3.05, 3.63) is 51.0 Å². The summed E-state index contributed by atoms with van der Waals surface area (Å²) in [6, 6.07) is 8.25. The number of aryl methyl sites for hydroxylation is 1. The van der Waals surface area contributed by atoms with Gasteiger partial charge < -0.3 is 9.73 Å². The van der Waals surface area contributed by atoms with Crippen LogP contribution >= 0.6 is 22.6 Å². The molecule has 0 unspecified atom stereocenters. The molecule has 1 heterocycles. The minimum absolute atomic E-state index is 0.736. The highest BCUT2D eigenvalue weighted by molar-refractivity contribution is 14.1. The molecule has 0 saturated heterocycles. The lowest BCUT2D eigenvalue weighted by Gasteiger charge is -2.09. The Balaban J connectivity index is 2.11. The number of hydrogen-bond donors (Lipinski definition) is 1. The summed E-state index contributed by atoms with van der Waals surface area (Å²) in [6.07, 6.45) is 1.73. The van der Waals surface area contributed by atoms with Gasteiger partial charge in [-0.2, -0.15) is 0 Å². The van der Waals surface area contributed by atoms with Crippen molar-refractivity contribution >= 4 is 28.3 Å². The fourth-order valence-electron chi connectivity index (χ4n) is 1.56. The number of benzene rings is 1. The zero-order valence-electron chi connectivity index (χ0n) is 9.38. The normalized spacial score (nSPS) is 10.4. The quantitative estimate of drug-likeness (QED) is 0.858. The van der Waals surface area contributed by atoms with Crippen LogP contribution in [0.3, 0.4) is 0 Å². The van der Waals surface area contributed by atoms with Gasteiger partial charge in [0, 0.05) is 9.26 Å². The Kier molecular flexibility index (Phi) is 3.53. The number of furan rings is 1. The molecule has 0 bridgehead atoms. The van der Waals surface area contributed by atoms with Crippen LogP contribution in [0.1, 0.15) is 16.9 Å². The first-order valence-corrected chi connectivity index (χ1v) is 6.28. The standard InChI is InChI=1S/C13H14INO/c1-9-6-7-16-13(9)8-15-12-5-3-4-11(14)10(12)2/h3-7,15H,8H2,1-2H3. The minimum atomic E-state index is 0.736. The van der Waals surface area contributed by atoms with Gasteiger partial charge in [-0.15, -0.1) is 0 Å². The van der Waals surface area contributed by atoms with E-state index in [9.17, 15) is 0 Å². The smallest absolute Gasteiger partial charge is 0.125 e. The first-order valence-electron chi connectivity index (χ1n) is 5.20. The number of halogens is 1. The van der Waals surface area contributed by atoms with E-state index in [0.29, 0.717) is 0 Å². The molecule has 0 saturated carbocycles. The van der Waals surface area contributed by atoms with Crippen molar-refractivity contribution in [1.29, 1.82) is 0 Å². The van der Waals surface area contributed by atoms with Crippen LogP contribution in [0.15, 0.2) is 34.9 Å². The summed E-state index contributed by atoms with van der Waals surface area (Å²) >= 11 is 2.35. The topological polar surface area (TPSA) is 25.2 Å². The molecule has 1 N–H and O–H groups in total. The molecule has 2 nitrogen and oxygen atoms in total. The average molecular weight is 327 g/mol. The van der Waals surface area contributed by atoms with Gasteiger partial charge in [0.2, 0.25) is 0 Å². The van der Waals surface area contributed by atoms with Gasteiger partial charge in [0.1, 0.15) is 5.76 Å². The van der Waals surface area contributed by atoms with E-state index >= 15 is 0 Å². The van der Waals surface area contributed by atoms with Gasteiger partial charge in [0.25, 0.3) is 0 Å². The molecule has 0 amide bonds. The van der Waals surface area contributed by atoms with Crippen molar-refractivity contribution in [2.75, 3.05) is 5.32 Å². The molecule has 1 aromatic heterocycles. The number of rotatable bonds is 3. The molecule has 3 heteroatoms. The van der Waals surface area contributed by atoms with Crippen LogP contribution in [0.2, 0.25) is 0 Å². The Morgan fingerprint density at radius 1 is 1.25 bits per heavy atom. The summed E-state index contributed by atoms with van der Waals surface area (Å²) in [4.78, 5) is 0. The van der Waals surface area contributed by atoms with Crippen LogP contribution in [0, 0.1) is 17.4 Å². The van der Waals surface area contributed by atoms with E-state index in [2.05, 4.69) is 60.0 Å². The molecule has 2 rings (SSSR count). The lowest BCUT2D eigenvalue weighted by Crippen LogP contribution is -2.01. The van der Waals surface area contributed by atoms with Gasteiger partial charge in [-0.05, 0) is 65.8 Å². The summed E-state index contributed by atoms with van der Waals surface area (Å²) in [7, 11) is 0. The third-order valence-corrected chi connectivity index (χ3v) is 3.84. The number of anilines is 1. The van der Waals surface area contributed by atoms with Crippen molar-refractivity contribution < 1.29 is 4.42 Å². The Hall–Kier alpha value is -0.970. The van der Waals surface area contributed by atoms with Gasteiger partial charge in [-0.25, -0.2) is 0 Å². The van der Waals surface area contributed by atoms with Gasteiger partial charge in [0.05, 0.1) is 12.8 Å². The third-order valence-electron chi connectivity index (χ3n) is 2.68. The second-order valence-electron chi connectivity index (χ2n) is 3.79. The van der Waals surface area contributed by atoms with Gasteiger partial charge in [0.15, 0.2) is 0 Å². The predicted molar refractivity (Wildman–Crippen MR) is 74.7 cm³/mol. The van der Waals surface area contributed by atoms with Crippen molar-refractivity contribution in [1.82, 2.24) is 0 Å². The zero-order valence-corrected chi connectivity index (χ0v) is 11.5. The highest BCUT2D eigenvalue weighted by Gasteiger charge is 2.04. The maximum absolute atomic E-state index is 5.39. The van der Waals surface area contributed by atoms with Gasteiger partial charge in [-0.1, -0.05) is 6.07 Å². The Labute approximate surface area is 109 Å². The highest BCUT2D eigenvalue weighted by Crippen LogP contribution is 2.21. The third kappa shape index (κ3) is 2.40. The summed E-state index contributed by atoms with van der Waals surface area (Å²) in [5, 5.41) is 3.40. The Morgan fingerprint density at radius 3 is 2.75 bits per heavy atom. The van der Waals surface area contributed by atoms with Crippen molar-refractivity contribution in [2.24, 2.45) is 0 Å². The van der Waals surface area contributed by atoms with E-state index in [1.807, 2.05) is 6.07 Å². The van der Waals surface area contributed by atoms with Crippen molar-refractivity contribution in [2.45, 2.75) is 20.4 Å². The summed E-state index contributed by atoms with van der Waals surface area (Å²) in [5.74, 6) is 0.998. The fraction of sp³-hybridized carbons (Fsp3) is 0.231. The molecule has 0 aliphatic heterocycles. The molecule has 0 aliphatic rings. The second-order valence-corrected chi connectivity index (χ2v) is 4.95. The average Bonchev–Trinajstić information content (AvgIpc) is 2.67. The van der Waals surface area contributed by atoms with E-state index in [1.54, 1.807) is 6.26 Å². The van der Waals surface area contributed by atoms with Crippen LogP contribution in [-0.4, -0.2) is 0 Å². The van der Waals surface area contributed by atoms with E-state index in [-0.39, 0.29) is 0 Å². The Morgan fingerprint density at radius 2 is 2.06 bits per heavy atom. The van der Waals surface area contributed by atoms with Crippen LogP contribution in [0.5, 0.6) is 0 Å².